The van der Waals surface area contributed by atoms with Crippen molar-refractivity contribution in [1.29, 1.82) is 0 Å². The average Bonchev–Trinajstić information content (AvgIpc) is 3.06. The summed E-state index contributed by atoms with van der Waals surface area (Å²) in [6.45, 7) is 2.02. The van der Waals surface area contributed by atoms with E-state index in [1.807, 2.05) is 13.0 Å². The van der Waals surface area contributed by atoms with Crippen LogP contribution in [0.2, 0.25) is 0 Å². The number of rotatable bonds is 4. The molecule has 2 saturated carbocycles. The molecule has 0 N–H and O–H groups in total. The highest BCUT2D eigenvalue weighted by molar-refractivity contribution is 5.92. The van der Waals surface area contributed by atoms with Gasteiger partial charge in [0.1, 0.15) is 5.76 Å². The summed E-state index contributed by atoms with van der Waals surface area (Å²) >= 11 is 0. The van der Waals surface area contributed by atoms with Crippen LogP contribution >= 0.6 is 0 Å². The summed E-state index contributed by atoms with van der Waals surface area (Å²) in [6.07, 6.45) is 13.0. The Morgan fingerprint density at radius 2 is 1.64 bits per heavy atom. The van der Waals surface area contributed by atoms with Crippen LogP contribution in [0, 0.1) is 0 Å². The Bertz CT molecular complexity index is 467. The summed E-state index contributed by atoms with van der Waals surface area (Å²) in [6, 6.07) is 2.65. The molecule has 4 nitrogen and oxygen atoms in total. The van der Waals surface area contributed by atoms with Crippen molar-refractivity contribution in [2.75, 3.05) is 0 Å². The smallest absolute Gasteiger partial charge is 0.276 e. The predicted molar refractivity (Wildman–Crippen MR) is 85.8 cm³/mol. The van der Waals surface area contributed by atoms with Crippen LogP contribution in [0.25, 0.3) is 0 Å². The van der Waals surface area contributed by atoms with Gasteiger partial charge in [-0.3, -0.25) is 4.79 Å². The molecule has 2 aliphatic rings. The van der Waals surface area contributed by atoms with Crippen LogP contribution in [0.4, 0.5) is 0 Å². The van der Waals surface area contributed by atoms with Gasteiger partial charge in [-0.05, 0) is 25.7 Å². The summed E-state index contributed by atoms with van der Waals surface area (Å²) in [4.78, 5) is 15.3. The molecule has 122 valence electrons. The molecule has 0 radical (unpaired) electrons. The van der Waals surface area contributed by atoms with E-state index in [-0.39, 0.29) is 5.91 Å². The van der Waals surface area contributed by atoms with Gasteiger partial charge in [-0.15, -0.1) is 0 Å². The minimum absolute atomic E-state index is 0.0993. The molecule has 4 heteroatoms. The fraction of sp³-hybridized carbons (Fsp3) is 0.778. The zero-order valence-electron chi connectivity index (χ0n) is 13.7. The van der Waals surface area contributed by atoms with Crippen LogP contribution in [-0.2, 0) is 6.42 Å². The topological polar surface area (TPSA) is 46.3 Å². The maximum absolute atomic E-state index is 13.1. The monoisotopic (exact) mass is 304 g/mol. The Hall–Kier alpha value is -1.32. The Kier molecular flexibility index (Phi) is 5.16. The predicted octanol–water partition coefficient (Wildman–Crippen LogP) is 4.34. The van der Waals surface area contributed by atoms with E-state index in [0.717, 1.165) is 37.9 Å². The zero-order chi connectivity index (χ0) is 15.4. The highest BCUT2D eigenvalue weighted by atomic mass is 16.5. The first-order chi connectivity index (χ1) is 10.8. The number of aryl methyl sites for hydroxylation is 1. The highest BCUT2D eigenvalue weighted by Gasteiger charge is 2.34. The lowest BCUT2D eigenvalue weighted by Crippen LogP contribution is -2.48. The lowest BCUT2D eigenvalue weighted by Gasteiger charge is -2.41. The van der Waals surface area contributed by atoms with Crippen molar-refractivity contribution in [3.05, 3.63) is 17.5 Å². The Morgan fingerprint density at radius 3 is 2.09 bits per heavy atom. The average molecular weight is 304 g/mol. The molecule has 0 unspecified atom stereocenters. The van der Waals surface area contributed by atoms with Gasteiger partial charge >= 0.3 is 0 Å². The minimum atomic E-state index is 0.0993. The second-order valence-electron chi connectivity index (χ2n) is 6.83. The van der Waals surface area contributed by atoms with Crippen LogP contribution in [0.1, 0.15) is 87.4 Å². The zero-order valence-corrected chi connectivity index (χ0v) is 13.7. The molecule has 0 bridgehead atoms. The van der Waals surface area contributed by atoms with Crippen LogP contribution in [0.5, 0.6) is 0 Å². The largest absolute Gasteiger partial charge is 0.361 e. The molecule has 1 aromatic rings. The molecule has 1 heterocycles. The van der Waals surface area contributed by atoms with Crippen molar-refractivity contribution in [1.82, 2.24) is 10.1 Å². The van der Waals surface area contributed by atoms with Crippen LogP contribution in [0.3, 0.4) is 0 Å². The van der Waals surface area contributed by atoms with E-state index in [9.17, 15) is 4.79 Å². The molecular formula is C18H28N2O2. The molecule has 3 rings (SSSR count). The third kappa shape index (κ3) is 3.36. The quantitative estimate of drug-likeness (QED) is 0.831. The lowest BCUT2D eigenvalue weighted by atomic mass is 9.88. The molecule has 2 fully saturated rings. The molecule has 0 aliphatic heterocycles. The number of carbonyl (C=O) groups is 1. The summed E-state index contributed by atoms with van der Waals surface area (Å²) < 4.78 is 5.26. The van der Waals surface area contributed by atoms with E-state index in [2.05, 4.69) is 10.1 Å². The van der Waals surface area contributed by atoms with Crippen molar-refractivity contribution in [3.8, 4) is 0 Å². The van der Waals surface area contributed by atoms with Crippen LogP contribution in [0.15, 0.2) is 10.6 Å². The molecule has 2 aliphatic carbocycles. The first-order valence-corrected chi connectivity index (χ1v) is 9.08. The highest BCUT2D eigenvalue weighted by Crippen LogP contribution is 2.31. The van der Waals surface area contributed by atoms with Crippen LogP contribution in [-0.4, -0.2) is 28.0 Å². The van der Waals surface area contributed by atoms with Crippen molar-refractivity contribution in [3.63, 3.8) is 0 Å². The van der Waals surface area contributed by atoms with Crippen LogP contribution < -0.4 is 0 Å². The van der Waals surface area contributed by atoms with Crippen molar-refractivity contribution in [2.45, 2.75) is 89.6 Å². The minimum Gasteiger partial charge on any atom is -0.361 e. The van der Waals surface area contributed by atoms with Crippen molar-refractivity contribution in [2.24, 2.45) is 0 Å². The number of amides is 1. The summed E-state index contributed by atoms with van der Waals surface area (Å²) in [5.41, 5.74) is 0.507. The first-order valence-electron chi connectivity index (χ1n) is 9.08. The second kappa shape index (κ2) is 7.30. The molecule has 0 saturated heterocycles. The van der Waals surface area contributed by atoms with Gasteiger partial charge in [-0.2, -0.15) is 0 Å². The van der Waals surface area contributed by atoms with Gasteiger partial charge in [0.15, 0.2) is 5.69 Å². The molecular weight excluding hydrogens is 276 g/mol. The van der Waals surface area contributed by atoms with Gasteiger partial charge in [0.25, 0.3) is 5.91 Å². The summed E-state index contributed by atoms with van der Waals surface area (Å²) in [5.74, 6) is 0.901. The summed E-state index contributed by atoms with van der Waals surface area (Å²) in [7, 11) is 0. The maximum Gasteiger partial charge on any atom is 0.276 e. The van der Waals surface area contributed by atoms with Gasteiger partial charge in [-0.1, -0.05) is 50.6 Å². The number of hydrogen-bond acceptors (Lipinski definition) is 3. The molecule has 0 atom stereocenters. The molecule has 22 heavy (non-hydrogen) atoms. The molecule has 1 amide bonds. The van der Waals surface area contributed by atoms with E-state index in [0.29, 0.717) is 17.8 Å². The van der Waals surface area contributed by atoms with Crippen molar-refractivity contribution < 1.29 is 9.32 Å². The number of aromatic nitrogens is 1. The number of carbonyl (C=O) groups excluding carboxylic acids is 1. The van der Waals surface area contributed by atoms with Gasteiger partial charge in [0.2, 0.25) is 0 Å². The summed E-state index contributed by atoms with van der Waals surface area (Å²) in [5, 5.41) is 4.03. The molecule has 0 spiro atoms. The maximum atomic E-state index is 13.1. The standard InChI is InChI=1S/C18H28N2O2/c1-2-16-13-17(19-22-16)18(21)20(14-9-5-3-6-10-14)15-11-7-4-8-12-15/h13-15H,2-12H2,1H3. The van der Waals surface area contributed by atoms with Gasteiger partial charge in [-0.25, -0.2) is 0 Å². The number of nitrogens with zero attached hydrogens (tertiary/aromatic N) is 2. The van der Waals surface area contributed by atoms with E-state index in [1.165, 1.54) is 38.5 Å². The SMILES string of the molecule is CCc1cc(C(=O)N(C2CCCCC2)C2CCCCC2)no1. The third-order valence-electron chi connectivity index (χ3n) is 5.30. The number of hydrogen-bond donors (Lipinski definition) is 0. The normalized spacial score (nSPS) is 21.0. The molecule has 0 aromatic carbocycles. The fourth-order valence-corrected chi connectivity index (χ4v) is 4.06. The van der Waals surface area contributed by atoms with Gasteiger partial charge < -0.3 is 9.42 Å². The lowest BCUT2D eigenvalue weighted by molar-refractivity contribution is 0.0438. The Balaban J connectivity index is 1.80. The second-order valence-corrected chi connectivity index (χ2v) is 6.83. The van der Waals surface area contributed by atoms with E-state index in [1.54, 1.807) is 0 Å². The van der Waals surface area contributed by atoms with E-state index in [4.69, 9.17) is 4.52 Å². The van der Waals surface area contributed by atoms with E-state index < -0.39 is 0 Å². The van der Waals surface area contributed by atoms with E-state index >= 15 is 0 Å². The van der Waals surface area contributed by atoms with Gasteiger partial charge in [0, 0.05) is 24.6 Å². The van der Waals surface area contributed by atoms with Gasteiger partial charge in [0.05, 0.1) is 0 Å². The Morgan fingerprint density at radius 1 is 1.09 bits per heavy atom. The third-order valence-corrected chi connectivity index (χ3v) is 5.30. The Labute approximate surface area is 133 Å². The first kappa shape index (κ1) is 15.6. The van der Waals surface area contributed by atoms with Crippen molar-refractivity contribution >= 4 is 5.91 Å². The fourth-order valence-electron chi connectivity index (χ4n) is 4.06. The molecule has 1 aromatic heterocycles.